The highest BCUT2D eigenvalue weighted by Crippen LogP contribution is 2.26. The van der Waals surface area contributed by atoms with Gasteiger partial charge in [0.1, 0.15) is 12.1 Å². The molecule has 0 fully saturated rings. The largest absolute Gasteiger partial charge is 0.300 e. The first kappa shape index (κ1) is 18.9. The van der Waals surface area contributed by atoms with Gasteiger partial charge in [0.2, 0.25) is 5.91 Å². The number of thiazole rings is 1. The summed E-state index contributed by atoms with van der Waals surface area (Å²) in [6, 6.07) is 15.1. The molecule has 2 aromatic carbocycles. The van der Waals surface area contributed by atoms with Crippen LogP contribution in [0.5, 0.6) is 0 Å². The minimum Gasteiger partial charge on any atom is -0.300 e. The highest BCUT2D eigenvalue weighted by Gasteiger charge is 2.12. The highest BCUT2D eigenvalue weighted by molar-refractivity contribution is 7.14. The van der Waals surface area contributed by atoms with E-state index in [1.807, 2.05) is 17.5 Å². The normalized spacial score (nSPS) is 11.1. The van der Waals surface area contributed by atoms with Gasteiger partial charge in [0.05, 0.1) is 11.1 Å². The Labute approximate surface area is 171 Å². The van der Waals surface area contributed by atoms with Gasteiger partial charge in [0.15, 0.2) is 5.13 Å². The number of hydrogen-bond donors (Lipinski definition) is 1. The monoisotopic (exact) mass is 405 g/mol. The average Bonchev–Trinajstić information content (AvgIpc) is 3.18. The van der Waals surface area contributed by atoms with Crippen LogP contribution in [-0.4, -0.2) is 25.9 Å². The van der Waals surface area contributed by atoms with Crippen molar-refractivity contribution in [1.82, 2.24) is 20.0 Å². The lowest BCUT2D eigenvalue weighted by atomic mass is 10.0. The molecule has 4 rings (SSSR count). The van der Waals surface area contributed by atoms with Crippen LogP contribution in [0.25, 0.3) is 22.2 Å². The van der Waals surface area contributed by atoms with Crippen LogP contribution in [0.2, 0.25) is 0 Å². The second kappa shape index (κ2) is 7.92. The maximum absolute atomic E-state index is 12.4. The van der Waals surface area contributed by atoms with Crippen molar-refractivity contribution in [3.05, 3.63) is 69.8 Å². The summed E-state index contributed by atoms with van der Waals surface area (Å²) in [6.45, 7) is 4.07. The molecule has 0 aliphatic rings. The van der Waals surface area contributed by atoms with Gasteiger partial charge in [-0.05, 0) is 23.6 Å². The van der Waals surface area contributed by atoms with Crippen molar-refractivity contribution in [2.24, 2.45) is 0 Å². The van der Waals surface area contributed by atoms with Crippen LogP contribution in [0.3, 0.4) is 0 Å². The zero-order valence-corrected chi connectivity index (χ0v) is 16.8. The standard InChI is InChI=1S/C21H19N5O2S/c1-13(2)14-7-9-15(10-8-14)18-12-29-21(22-18)23-19(27)11-26-20(28)16-5-3-4-6-17(16)24-25-26/h3-10,12-13H,11H2,1-2H3,(H,22,23,27). The number of carbonyl (C=O) groups is 1. The van der Waals surface area contributed by atoms with E-state index in [0.29, 0.717) is 22.0 Å². The molecule has 2 heterocycles. The lowest BCUT2D eigenvalue weighted by Gasteiger charge is -2.05. The number of aromatic nitrogens is 4. The summed E-state index contributed by atoms with van der Waals surface area (Å²) in [7, 11) is 0. The van der Waals surface area contributed by atoms with E-state index in [1.54, 1.807) is 24.3 Å². The molecule has 8 heteroatoms. The average molecular weight is 405 g/mol. The van der Waals surface area contributed by atoms with Crippen LogP contribution < -0.4 is 10.9 Å². The molecule has 0 aliphatic carbocycles. The number of nitrogens with one attached hydrogen (secondary N) is 1. The number of rotatable bonds is 5. The summed E-state index contributed by atoms with van der Waals surface area (Å²) in [5, 5.41) is 13.3. The van der Waals surface area contributed by atoms with Gasteiger partial charge in [0, 0.05) is 10.9 Å². The van der Waals surface area contributed by atoms with Crippen LogP contribution in [0, 0.1) is 0 Å². The van der Waals surface area contributed by atoms with Gasteiger partial charge in [-0.3, -0.25) is 9.59 Å². The minimum atomic E-state index is -0.382. The van der Waals surface area contributed by atoms with Crippen molar-refractivity contribution in [2.75, 3.05) is 5.32 Å². The minimum absolute atomic E-state index is 0.228. The van der Waals surface area contributed by atoms with Crippen LogP contribution in [0.15, 0.2) is 58.7 Å². The van der Waals surface area contributed by atoms with Crippen molar-refractivity contribution in [3.63, 3.8) is 0 Å². The third kappa shape index (κ3) is 4.07. The quantitative estimate of drug-likeness (QED) is 0.547. The topological polar surface area (TPSA) is 89.8 Å². The first-order valence-electron chi connectivity index (χ1n) is 9.19. The summed E-state index contributed by atoms with van der Waals surface area (Å²) in [5.74, 6) is 0.0867. The molecule has 0 radical (unpaired) electrons. The van der Waals surface area contributed by atoms with Gasteiger partial charge in [-0.15, -0.1) is 16.4 Å². The summed E-state index contributed by atoms with van der Waals surface area (Å²) in [5.41, 5.74) is 3.20. The number of amides is 1. The van der Waals surface area contributed by atoms with Gasteiger partial charge in [-0.1, -0.05) is 55.5 Å². The van der Waals surface area contributed by atoms with Crippen molar-refractivity contribution in [1.29, 1.82) is 0 Å². The summed E-state index contributed by atoms with van der Waals surface area (Å²) < 4.78 is 1.05. The summed E-state index contributed by atoms with van der Waals surface area (Å²) in [4.78, 5) is 29.3. The second-order valence-electron chi connectivity index (χ2n) is 6.93. The molecule has 4 aromatic rings. The maximum Gasteiger partial charge on any atom is 0.278 e. The molecular weight excluding hydrogens is 386 g/mol. The van der Waals surface area contributed by atoms with Gasteiger partial charge in [0.25, 0.3) is 5.56 Å². The smallest absolute Gasteiger partial charge is 0.278 e. The zero-order valence-electron chi connectivity index (χ0n) is 16.0. The predicted molar refractivity (Wildman–Crippen MR) is 114 cm³/mol. The lowest BCUT2D eigenvalue weighted by molar-refractivity contribution is -0.117. The molecule has 0 aliphatic heterocycles. The first-order chi connectivity index (χ1) is 14.0. The second-order valence-corrected chi connectivity index (χ2v) is 7.79. The van der Waals surface area contributed by atoms with E-state index in [-0.39, 0.29) is 18.0 Å². The van der Waals surface area contributed by atoms with Gasteiger partial charge in [-0.2, -0.15) is 0 Å². The van der Waals surface area contributed by atoms with Crippen LogP contribution >= 0.6 is 11.3 Å². The van der Waals surface area contributed by atoms with E-state index in [1.165, 1.54) is 16.9 Å². The van der Waals surface area contributed by atoms with Crippen LogP contribution in [0.1, 0.15) is 25.3 Å². The van der Waals surface area contributed by atoms with Gasteiger partial charge >= 0.3 is 0 Å². The number of hydrogen-bond acceptors (Lipinski definition) is 6. The molecule has 0 spiro atoms. The number of anilines is 1. The molecule has 0 saturated heterocycles. The molecule has 0 atom stereocenters. The molecule has 2 aromatic heterocycles. The highest BCUT2D eigenvalue weighted by atomic mass is 32.1. The van der Waals surface area contributed by atoms with Gasteiger partial charge < -0.3 is 5.32 Å². The van der Waals surface area contributed by atoms with Crippen molar-refractivity contribution in [3.8, 4) is 11.3 Å². The van der Waals surface area contributed by atoms with E-state index in [0.717, 1.165) is 15.9 Å². The number of carbonyl (C=O) groups excluding carboxylic acids is 1. The fourth-order valence-electron chi connectivity index (χ4n) is 2.92. The number of benzene rings is 2. The number of fused-ring (bicyclic) bond motifs is 1. The third-order valence-electron chi connectivity index (χ3n) is 4.55. The summed E-state index contributed by atoms with van der Waals surface area (Å²) >= 11 is 1.33. The Morgan fingerprint density at radius 1 is 1.14 bits per heavy atom. The maximum atomic E-state index is 12.4. The molecule has 0 unspecified atom stereocenters. The molecule has 0 saturated carbocycles. The fraction of sp³-hybridized carbons (Fsp3) is 0.190. The van der Waals surface area contributed by atoms with Crippen LogP contribution in [-0.2, 0) is 11.3 Å². The van der Waals surface area contributed by atoms with E-state index in [2.05, 4.69) is 46.6 Å². The molecule has 7 nitrogen and oxygen atoms in total. The SMILES string of the molecule is CC(C)c1ccc(-c2csc(NC(=O)Cn3nnc4ccccc4c3=O)n2)cc1. The molecular formula is C21H19N5O2S. The first-order valence-corrected chi connectivity index (χ1v) is 10.1. The van der Waals surface area contributed by atoms with Crippen LogP contribution in [0.4, 0.5) is 5.13 Å². The Morgan fingerprint density at radius 2 is 1.90 bits per heavy atom. The fourth-order valence-corrected chi connectivity index (χ4v) is 3.66. The Bertz CT molecular complexity index is 1230. The Balaban J connectivity index is 1.47. The van der Waals surface area contributed by atoms with E-state index in [9.17, 15) is 9.59 Å². The van der Waals surface area contributed by atoms with E-state index < -0.39 is 0 Å². The Morgan fingerprint density at radius 3 is 2.66 bits per heavy atom. The lowest BCUT2D eigenvalue weighted by Crippen LogP contribution is -2.30. The molecule has 1 N–H and O–H groups in total. The van der Waals surface area contributed by atoms with Gasteiger partial charge in [-0.25, -0.2) is 9.67 Å². The summed E-state index contributed by atoms with van der Waals surface area (Å²) in [6.07, 6.45) is 0. The Hall–Kier alpha value is -3.39. The molecule has 1 amide bonds. The molecule has 146 valence electrons. The predicted octanol–water partition coefficient (Wildman–Crippen LogP) is 3.68. The molecule has 0 bridgehead atoms. The number of nitrogens with zero attached hydrogens (tertiary/aromatic N) is 4. The van der Waals surface area contributed by atoms with E-state index in [4.69, 9.17) is 0 Å². The van der Waals surface area contributed by atoms with Crippen molar-refractivity contribution < 1.29 is 4.79 Å². The third-order valence-corrected chi connectivity index (χ3v) is 5.30. The Kier molecular flexibility index (Phi) is 5.18. The zero-order chi connectivity index (χ0) is 20.4. The van der Waals surface area contributed by atoms with Crippen molar-refractivity contribution >= 4 is 33.3 Å². The van der Waals surface area contributed by atoms with E-state index >= 15 is 0 Å². The van der Waals surface area contributed by atoms with Crippen molar-refractivity contribution in [2.45, 2.75) is 26.3 Å². The molecule has 29 heavy (non-hydrogen) atoms.